The van der Waals surface area contributed by atoms with Crippen LogP contribution in [0.2, 0.25) is 0 Å². The highest BCUT2D eigenvalue weighted by Crippen LogP contribution is 2.27. The number of amides is 1. The molecule has 0 aromatic rings. The molecule has 172 valence electrons. The maximum atomic E-state index is 12.5. The highest BCUT2D eigenvalue weighted by molar-refractivity contribution is 5.76. The Labute approximate surface area is 183 Å². The average Bonchev–Trinajstić information content (AvgIpc) is 2.94. The molecule has 0 bridgehead atoms. The molecule has 3 fully saturated rings. The summed E-state index contributed by atoms with van der Waals surface area (Å²) in [6, 6.07) is 1.14. The first kappa shape index (κ1) is 23.5. The van der Waals surface area contributed by atoms with E-state index in [2.05, 4.69) is 28.5 Å². The molecule has 3 aliphatic heterocycles. The highest BCUT2D eigenvalue weighted by Gasteiger charge is 2.34. The Morgan fingerprint density at radius 2 is 1.70 bits per heavy atom. The molecule has 30 heavy (non-hydrogen) atoms. The number of piperidine rings is 2. The molecule has 6 heteroatoms. The quantitative estimate of drug-likeness (QED) is 0.591. The lowest BCUT2D eigenvalue weighted by atomic mass is 9.93. The Kier molecular flexibility index (Phi) is 8.99. The lowest BCUT2D eigenvalue weighted by Gasteiger charge is -2.43. The standard InChI is InChI=1S/C24H43N3O3/c1-4-30-24(29)20-6-5-13-27(18-20)22-10-15-25(16-11-22)21-7-8-23(28)26(17-12-21)14-9-19(2)3/h19-22H,4-18H2,1-3H3/t20-,21-/m0/s1. The Hall–Kier alpha value is -1.14. The van der Waals surface area contributed by atoms with Crippen molar-refractivity contribution in [2.75, 3.05) is 45.9 Å². The predicted molar refractivity (Wildman–Crippen MR) is 119 cm³/mol. The topological polar surface area (TPSA) is 53.1 Å². The fourth-order valence-electron chi connectivity index (χ4n) is 5.44. The van der Waals surface area contributed by atoms with Crippen LogP contribution >= 0.6 is 0 Å². The van der Waals surface area contributed by atoms with Gasteiger partial charge in [0.2, 0.25) is 5.91 Å². The fraction of sp³-hybridized carbons (Fsp3) is 0.917. The van der Waals surface area contributed by atoms with E-state index in [9.17, 15) is 9.59 Å². The summed E-state index contributed by atoms with van der Waals surface area (Å²) >= 11 is 0. The molecule has 2 atom stereocenters. The van der Waals surface area contributed by atoms with E-state index in [0.29, 0.717) is 36.9 Å². The van der Waals surface area contributed by atoms with Crippen molar-refractivity contribution in [3.05, 3.63) is 0 Å². The van der Waals surface area contributed by atoms with Crippen molar-refractivity contribution in [2.24, 2.45) is 11.8 Å². The molecule has 1 amide bonds. The van der Waals surface area contributed by atoms with Gasteiger partial charge in [0, 0.05) is 38.1 Å². The summed E-state index contributed by atoms with van der Waals surface area (Å²) in [4.78, 5) is 32.0. The van der Waals surface area contributed by atoms with E-state index in [1.807, 2.05) is 6.92 Å². The summed E-state index contributed by atoms with van der Waals surface area (Å²) in [6.45, 7) is 12.9. The number of hydrogen-bond acceptors (Lipinski definition) is 5. The van der Waals surface area contributed by atoms with Crippen LogP contribution in [0.3, 0.4) is 0 Å². The third-order valence-electron chi connectivity index (χ3n) is 7.36. The second-order valence-electron chi connectivity index (χ2n) is 9.90. The molecule has 0 N–H and O–H groups in total. The van der Waals surface area contributed by atoms with Gasteiger partial charge in [-0.3, -0.25) is 14.5 Å². The third-order valence-corrected chi connectivity index (χ3v) is 7.36. The average molecular weight is 422 g/mol. The summed E-state index contributed by atoms with van der Waals surface area (Å²) < 4.78 is 5.27. The number of carbonyl (C=O) groups excluding carboxylic acids is 2. The van der Waals surface area contributed by atoms with Gasteiger partial charge in [0.05, 0.1) is 12.5 Å². The number of esters is 1. The summed E-state index contributed by atoms with van der Waals surface area (Å²) in [5.41, 5.74) is 0. The molecular weight excluding hydrogens is 378 g/mol. The first-order valence-electron chi connectivity index (χ1n) is 12.4. The van der Waals surface area contributed by atoms with Crippen molar-refractivity contribution in [3.63, 3.8) is 0 Å². The van der Waals surface area contributed by atoms with Gasteiger partial charge in [0.25, 0.3) is 0 Å². The van der Waals surface area contributed by atoms with E-state index in [-0.39, 0.29) is 11.9 Å². The van der Waals surface area contributed by atoms with Gasteiger partial charge in [-0.1, -0.05) is 13.8 Å². The summed E-state index contributed by atoms with van der Waals surface area (Å²) in [5, 5.41) is 0. The number of likely N-dealkylation sites (tertiary alicyclic amines) is 3. The predicted octanol–water partition coefficient (Wildman–Crippen LogP) is 3.15. The number of carbonyl (C=O) groups is 2. The Morgan fingerprint density at radius 3 is 2.40 bits per heavy atom. The number of nitrogens with zero attached hydrogens (tertiary/aromatic N) is 3. The van der Waals surface area contributed by atoms with Crippen LogP contribution in [0, 0.1) is 11.8 Å². The van der Waals surface area contributed by atoms with E-state index in [1.54, 1.807) is 0 Å². The molecule has 3 aliphatic rings. The maximum Gasteiger partial charge on any atom is 0.310 e. The molecule has 0 aliphatic carbocycles. The van der Waals surface area contributed by atoms with Gasteiger partial charge in [-0.15, -0.1) is 0 Å². The minimum Gasteiger partial charge on any atom is -0.466 e. The van der Waals surface area contributed by atoms with Crippen molar-refractivity contribution >= 4 is 11.9 Å². The molecule has 3 heterocycles. The molecule has 0 aromatic carbocycles. The van der Waals surface area contributed by atoms with Gasteiger partial charge in [-0.2, -0.15) is 0 Å². The van der Waals surface area contributed by atoms with Gasteiger partial charge in [0.1, 0.15) is 0 Å². The maximum absolute atomic E-state index is 12.5. The zero-order chi connectivity index (χ0) is 21.5. The Morgan fingerprint density at radius 1 is 1.00 bits per heavy atom. The van der Waals surface area contributed by atoms with Gasteiger partial charge in [-0.25, -0.2) is 0 Å². The number of rotatable bonds is 7. The van der Waals surface area contributed by atoms with Crippen LogP contribution in [-0.4, -0.2) is 84.5 Å². The smallest absolute Gasteiger partial charge is 0.310 e. The van der Waals surface area contributed by atoms with E-state index in [4.69, 9.17) is 4.74 Å². The van der Waals surface area contributed by atoms with Crippen LogP contribution in [0.15, 0.2) is 0 Å². The van der Waals surface area contributed by atoms with Crippen molar-refractivity contribution in [3.8, 4) is 0 Å². The van der Waals surface area contributed by atoms with E-state index in [1.165, 1.54) is 12.8 Å². The zero-order valence-electron chi connectivity index (χ0n) is 19.5. The SMILES string of the molecule is CCOC(=O)[C@H]1CCCN(C2CCN([C@H]3CCC(=O)N(CCC(C)C)CC3)CC2)C1. The highest BCUT2D eigenvalue weighted by atomic mass is 16.5. The summed E-state index contributed by atoms with van der Waals surface area (Å²) in [6.07, 6.45) is 8.35. The molecule has 0 radical (unpaired) electrons. The summed E-state index contributed by atoms with van der Waals surface area (Å²) in [7, 11) is 0. The minimum atomic E-state index is -0.00946. The number of hydrogen-bond donors (Lipinski definition) is 0. The lowest BCUT2D eigenvalue weighted by molar-refractivity contribution is -0.150. The van der Waals surface area contributed by atoms with Crippen LogP contribution < -0.4 is 0 Å². The van der Waals surface area contributed by atoms with Crippen molar-refractivity contribution in [2.45, 2.75) is 84.2 Å². The van der Waals surface area contributed by atoms with Gasteiger partial charge < -0.3 is 14.5 Å². The first-order valence-corrected chi connectivity index (χ1v) is 12.4. The third kappa shape index (κ3) is 6.43. The molecule has 3 rings (SSSR count). The Balaban J connectivity index is 1.45. The fourth-order valence-corrected chi connectivity index (χ4v) is 5.44. The Bertz CT molecular complexity index is 560. The molecule has 3 saturated heterocycles. The molecule has 0 unspecified atom stereocenters. The minimum absolute atomic E-state index is 0.00946. The monoisotopic (exact) mass is 421 g/mol. The molecule has 0 saturated carbocycles. The first-order chi connectivity index (χ1) is 14.5. The van der Waals surface area contributed by atoms with Crippen molar-refractivity contribution in [1.82, 2.24) is 14.7 Å². The van der Waals surface area contributed by atoms with Crippen LogP contribution in [0.5, 0.6) is 0 Å². The largest absolute Gasteiger partial charge is 0.466 e. The van der Waals surface area contributed by atoms with E-state index in [0.717, 1.165) is 71.4 Å². The van der Waals surface area contributed by atoms with Crippen LogP contribution in [0.1, 0.15) is 72.1 Å². The van der Waals surface area contributed by atoms with Crippen LogP contribution in [-0.2, 0) is 14.3 Å². The lowest BCUT2D eigenvalue weighted by Crippen LogP contribution is -2.51. The van der Waals surface area contributed by atoms with Gasteiger partial charge in [0.15, 0.2) is 0 Å². The van der Waals surface area contributed by atoms with Gasteiger partial charge in [-0.05, 0) is 77.4 Å². The number of ether oxygens (including phenoxy) is 1. The van der Waals surface area contributed by atoms with Crippen LogP contribution in [0.4, 0.5) is 0 Å². The normalized spacial score (nSPS) is 28.0. The van der Waals surface area contributed by atoms with Crippen LogP contribution in [0.25, 0.3) is 0 Å². The molecular formula is C24H43N3O3. The van der Waals surface area contributed by atoms with E-state index >= 15 is 0 Å². The van der Waals surface area contributed by atoms with Gasteiger partial charge >= 0.3 is 5.97 Å². The second-order valence-corrected chi connectivity index (χ2v) is 9.90. The zero-order valence-corrected chi connectivity index (χ0v) is 19.5. The molecule has 6 nitrogen and oxygen atoms in total. The van der Waals surface area contributed by atoms with Crippen molar-refractivity contribution < 1.29 is 14.3 Å². The van der Waals surface area contributed by atoms with Crippen molar-refractivity contribution in [1.29, 1.82) is 0 Å². The summed E-state index contributed by atoms with van der Waals surface area (Å²) in [5.74, 6) is 1.05. The molecule has 0 aromatic heterocycles. The second kappa shape index (κ2) is 11.5. The van der Waals surface area contributed by atoms with E-state index < -0.39 is 0 Å². The molecule has 0 spiro atoms.